The van der Waals surface area contributed by atoms with E-state index < -0.39 is 32.6 Å². The number of carbonyl (C=O) groups excluding carboxylic acids is 2. The predicted octanol–water partition coefficient (Wildman–Crippen LogP) is 7.85. The average molecular weight is 610 g/mol. The zero-order chi connectivity index (χ0) is 30.7. The zero-order valence-corrected chi connectivity index (χ0v) is 27.8. The SMILES string of the molecule is CCOC(=O)COP(=O)(O)CNC(=O)O[C@H]1CC[C@@]2(C)C(=CC[C@H]3C4CCC([C@H](C)CCCC(C)C)[C@@]4(C)CCC32)C1. The minimum Gasteiger partial charge on any atom is -0.464 e. The number of ether oxygens (including phenoxy) is 2. The number of carbonyl (C=O) groups is 2. The Morgan fingerprint density at radius 2 is 1.86 bits per heavy atom. The number of fused-ring (bicyclic) bond motifs is 5. The number of nitrogens with one attached hydrogen (secondary N) is 1. The van der Waals surface area contributed by atoms with Crippen LogP contribution in [0.15, 0.2) is 11.6 Å². The van der Waals surface area contributed by atoms with Crippen LogP contribution in [0.3, 0.4) is 0 Å². The van der Waals surface area contributed by atoms with Gasteiger partial charge in [0.15, 0.2) is 6.61 Å². The van der Waals surface area contributed by atoms with Gasteiger partial charge in [0.2, 0.25) is 0 Å². The van der Waals surface area contributed by atoms with E-state index in [-0.39, 0.29) is 18.1 Å². The van der Waals surface area contributed by atoms with Crippen molar-refractivity contribution in [2.75, 3.05) is 19.5 Å². The van der Waals surface area contributed by atoms with Crippen LogP contribution in [0.5, 0.6) is 0 Å². The van der Waals surface area contributed by atoms with E-state index in [2.05, 4.69) is 46.0 Å². The molecule has 3 fully saturated rings. The molecule has 1 amide bonds. The van der Waals surface area contributed by atoms with Gasteiger partial charge in [0.25, 0.3) is 0 Å². The maximum absolute atomic E-state index is 12.5. The Balaban J connectivity index is 1.31. The average Bonchev–Trinajstić information content (AvgIpc) is 3.28. The summed E-state index contributed by atoms with van der Waals surface area (Å²) in [4.78, 5) is 33.8. The molecule has 0 radical (unpaired) electrons. The second kappa shape index (κ2) is 13.7. The van der Waals surface area contributed by atoms with E-state index >= 15 is 0 Å². The van der Waals surface area contributed by atoms with Crippen LogP contribution < -0.4 is 5.32 Å². The molecule has 0 aromatic rings. The summed E-state index contributed by atoms with van der Waals surface area (Å²) >= 11 is 0. The number of allylic oxidation sites excluding steroid dienone is 1. The topological polar surface area (TPSA) is 111 Å². The Morgan fingerprint density at radius 3 is 2.57 bits per heavy atom. The Morgan fingerprint density at radius 1 is 1.10 bits per heavy atom. The number of amides is 1. The normalized spacial score (nSPS) is 36.1. The van der Waals surface area contributed by atoms with Crippen LogP contribution in [0.1, 0.15) is 112 Å². The minimum atomic E-state index is -4.19. The monoisotopic (exact) mass is 609 g/mol. The number of alkyl carbamates (subject to hydrolysis) is 1. The second-order valence-corrected chi connectivity index (χ2v) is 16.5. The third kappa shape index (κ3) is 7.46. The van der Waals surface area contributed by atoms with Crippen molar-refractivity contribution in [2.45, 2.75) is 118 Å². The molecule has 4 aliphatic carbocycles. The van der Waals surface area contributed by atoms with Crippen molar-refractivity contribution < 1.29 is 33.0 Å². The van der Waals surface area contributed by atoms with Crippen molar-refractivity contribution >= 4 is 19.7 Å². The summed E-state index contributed by atoms with van der Waals surface area (Å²) in [6.45, 7) is 13.4. The van der Waals surface area contributed by atoms with Gasteiger partial charge in [0.1, 0.15) is 12.4 Å². The summed E-state index contributed by atoms with van der Waals surface area (Å²) in [5.41, 5.74) is 2.05. The standard InChI is InChI=1S/C33H56NO7P/c1-7-39-30(35)20-40-42(37,38)21-34-31(36)41-25-15-17-32(5)24(19-25)11-12-26-28-14-13-27(23(4)10-8-9-22(2)3)33(28,6)18-16-29(26)32/h11,22-23,25-29H,7-10,12-21H2,1-6H3,(H,34,36)(H,37,38)/t23-,25+,26+,27?,28?,29?,32+,33-/m1/s1. The van der Waals surface area contributed by atoms with Gasteiger partial charge in [0, 0.05) is 6.42 Å². The molecular weight excluding hydrogens is 553 g/mol. The van der Waals surface area contributed by atoms with Crippen LogP contribution in [-0.4, -0.2) is 42.6 Å². The van der Waals surface area contributed by atoms with E-state index in [4.69, 9.17) is 14.0 Å². The van der Waals surface area contributed by atoms with Gasteiger partial charge >= 0.3 is 19.7 Å². The smallest absolute Gasteiger partial charge is 0.407 e. The van der Waals surface area contributed by atoms with Crippen LogP contribution in [0, 0.1) is 46.3 Å². The van der Waals surface area contributed by atoms with Crippen molar-refractivity contribution in [3.8, 4) is 0 Å². The molecule has 0 aromatic carbocycles. The molecule has 0 saturated heterocycles. The van der Waals surface area contributed by atoms with E-state index in [1.165, 1.54) is 50.5 Å². The number of rotatable bonds is 12. The first-order valence-corrected chi connectivity index (χ1v) is 18.3. The highest BCUT2D eigenvalue weighted by atomic mass is 31.2. The Labute approximate surface area is 253 Å². The highest BCUT2D eigenvalue weighted by Crippen LogP contribution is 2.67. The van der Waals surface area contributed by atoms with Crippen molar-refractivity contribution in [2.24, 2.45) is 46.3 Å². The lowest BCUT2D eigenvalue weighted by Crippen LogP contribution is -2.51. The summed E-state index contributed by atoms with van der Waals surface area (Å²) in [5.74, 6) is 3.97. The molecule has 42 heavy (non-hydrogen) atoms. The fraction of sp³-hybridized carbons (Fsp3) is 0.879. The molecule has 4 unspecified atom stereocenters. The number of esters is 1. The summed E-state index contributed by atoms with van der Waals surface area (Å²) in [5, 5.41) is 2.34. The molecule has 2 N–H and O–H groups in total. The van der Waals surface area contributed by atoms with Gasteiger partial charge in [-0.05, 0) is 98.2 Å². The van der Waals surface area contributed by atoms with Crippen LogP contribution in [0.2, 0.25) is 0 Å². The van der Waals surface area contributed by atoms with Crippen LogP contribution >= 0.6 is 7.60 Å². The van der Waals surface area contributed by atoms with Gasteiger partial charge in [0.05, 0.1) is 6.61 Å². The zero-order valence-electron chi connectivity index (χ0n) is 26.9. The third-order valence-corrected chi connectivity index (χ3v) is 12.7. The molecule has 0 spiro atoms. The van der Waals surface area contributed by atoms with Gasteiger partial charge in [-0.1, -0.05) is 65.5 Å². The third-order valence-electron chi connectivity index (χ3n) is 11.6. The summed E-state index contributed by atoms with van der Waals surface area (Å²) < 4.78 is 27.3. The van der Waals surface area contributed by atoms with Crippen LogP contribution in [-0.2, 0) is 23.4 Å². The first-order valence-electron chi connectivity index (χ1n) is 16.5. The summed E-state index contributed by atoms with van der Waals surface area (Å²) in [6, 6.07) is 0. The maximum Gasteiger partial charge on any atom is 0.407 e. The van der Waals surface area contributed by atoms with E-state index in [1.54, 1.807) is 6.92 Å². The van der Waals surface area contributed by atoms with E-state index in [0.29, 0.717) is 11.3 Å². The number of hydrogen-bond donors (Lipinski definition) is 2. The van der Waals surface area contributed by atoms with E-state index in [0.717, 1.165) is 55.3 Å². The molecular formula is C33H56NO7P. The predicted molar refractivity (Wildman–Crippen MR) is 164 cm³/mol. The van der Waals surface area contributed by atoms with Crippen molar-refractivity contribution in [3.63, 3.8) is 0 Å². The maximum atomic E-state index is 12.5. The molecule has 0 bridgehead atoms. The minimum absolute atomic E-state index is 0.152. The largest absolute Gasteiger partial charge is 0.464 e. The lowest BCUT2D eigenvalue weighted by Gasteiger charge is -2.58. The Hall–Kier alpha value is -1.37. The van der Waals surface area contributed by atoms with Crippen LogP contribution in [0.4, 0.5) is 4.79 Å². The van der Waals surface area contributed by atoms with Gasteiger partial charge in [-0.2, -0.15) is 0 Å². The highest BCUT2D eigenvalue weighted by molar-refractivity contribution is 7.52. The molecule has 0 aliphatic heterocycles. The van der Waals surface area contributed by atoms with Crippen molar-refractivity contribution in [1.82, 2.24) is 5.32 Å². The Kier molecular flexibility index (Phi) is 11.0. The lowest BCUT2D eigenvalue weighted by molar-refractivity contribution is -0.145. The second-order valence-electron chi connectivity index (χ2n) is 14.6. The molecule has 9 atom stereocenters. The van der Waals surface area contributed by atoms with Gasteiger partial charge in [-0.15, -0.1) is 0 Å². The van der Waals surface area contributed by atoms with Crippen molar-refractivity contribution in [1.29, 1.82) is 0 Å². The first-order chi connectivity index (χ1) is 19.8. The quantitative estimate of drug-likeness (QED) is 0.132. The molecule has 9 heteroatoms. The van der Waals surface area contributed by atoms with E-state index in [9.17, 15) is 19.0 Å². The first kappa shape index (κ1) is 33.5. The van der Waals surface area contributed by atoms with E-state index in [1.807, 2.05) is 0 Å². The molecule has 240 valence electrons. The molecule has 8 nitrogen and oxygen atoms in total. The summed E-state index contributed by atoms with van der Waals surface area (Å²) in [7, 11) is -4.19. The Bertz CT molecular complexity index is 1050. The van der Waals surface area contributed by atoms with Gasteiger partial charge in [-0.3, -0.25) is 9.09 Å². The highest BCUT2D eigenvalue weighted by Gasteiger charge is 2.59. The van der Waals surface area contributed by atoms with Crippen molar-refractivity contribution in [3.05, 3.63) is 11.6 Å². The van der Waals surface area contributed by atoms with Gasteiger partial charge < -0.3 is 19.7 Å². The molecule has 4 rings (SSSR count). The summed E-state index contributed by atoms with van der Waals surface area (Å²) in [6.07, 6.45) is 14.0. The fourth-order valence-corrected chi connectivity index (χ4v) is 10.2. The van der Waals surface area contributed by atoms with Gasteiger partial charge in [-0.25, -0.2) is 9.59 Å². The molecule has 0 aromatic heterocycles. The van der Waals surface area contributed by atoms with Crippen LogP contribution in [0.25, 0.3) is 0 Å². The fourth-order valence-electron chi connectivity index (χ4n) is 9.51. The number of hydrogen-bond acceptors (Lipinski definition) is 6. The molecule has 4 aliphatic rings. The molecule has 0 heterocycles. The lowest BCUT2D eigenvalue weighted by atomic mass is 9.47. The molecule has 3 saturated carbocycles.